The fourth-order valence-electron chi connectivity index (χ4n) is 2.69. The average Bonchev–Trinajstić information content (AvgIpc) is 2.86. The average molecular weight is 406 g/mol. The third-order valence-corrected chi connectivity index (χ3v) is 4.05. The van der Waals surface area contributed by atoms with Crippen LogP contribution in [0.3, 0.4) is 0 Å². The van der Waals surface area contributed by atoms with Crippen LogP contribution in [0.15, 0.2) is 36.5 Å². The molecule has 2 heterocycles. The number of terminal acetylenes is 1. The molecule has 148 valence electrons. The van der Waals surface area contributed by atoms with Crippen molar-refractivity contribution in [1.29, 1.82) is 0 Å². The van der Waals surface area contributed by atoms with Gasteiger partial charge in [0.1, 0.15) is 17.9 Å². The molecular formula is C19H19FN2O5S. The van der Waals surface area contributed by atoms with Crippen LogP contribution in [0.4, 0.5) is 4.39 Å². The van der Waals surface area contributed by atoms with E-state index >= 15 is 0 Å². The minimum atomic E-state index is -4.67. The van der Waals surface area contributed by atoms with Crippen LogP contribution < -0.4 is 4.74 Å². The largest absolute Gasteiger partial charge is 0.471 e. The lowest BCUT2D eigenvalue weighted by molar-refractivity contribution is 0.296. The second-order valence-corrected chi connectivity index (χ2v) is 6.77. The van der Waals surface area contributed by atoms with E-state index in [1.165, 1.54) is 17.7 Å². The van der Waals surface area contributed by atoms with Gasteiger partial charge in [-0.2, -0.15) is 8.42 Å². The molecule has 3 rings (SSSR count). The molecule has 0 spiro atoms. The maximum absolute atomic E-state index is 13.0. The van der Waals surface area contributed by atoms with Crippen LogP contribution in [0.5, 0.6) is 5.88 Å². The van der Waals surface area contributed by atoms with E-state index in [4.69, 9.17) is 28.7 Å². The van der Waals surface area contributed by atoms with Crippen molar-refractivity contribution in [3.8, 4) is 18.2 Å². The summed E-state index contributed by atoms with van der Waals surface area (Å²) in [6, 6.07) is 8.21. The maximum atomic E-state index is 13.0. The highest BCUT2D eigenvalue weighted by molar-refractivity contribution is 7.79. The highest BCUT2D eigenvalue weighted by atomic mass is 32.3. The van der Waals surface area contributed by atoms with Gasteiger partial charge in [0.2, 0.25) is 5.88 Å². The first-order valence-corrected chi connectivity index (χ1v) is 9.46. The zero-order valence-electron chi connectivity index (χ0n) is 15.3. The van der Waals surface area contributed by atoms with Crippen LogP contribution in [-0.4, -0.2) is 27.1 Å². The van der Waals surface area contributed by atoms with Gasteiger partial charge in [-0.15, -0.1) is 6.42 Å². The number of nitrogens with zero attached hydrogens (tertiary/aromatic N) is 2. The summed E-state index contributed by atoms with van der Waals surface area (Å²) in [5.74, 6) is 2.95. The van der Waals surface area contributed by atoms with Gasteiger partial charge in [-0.3, -0.25) is 9.11 Å². The number of halogens is 1. The van der Waals surface area contributed by atoms with Gasteiger partial charge in [-0.05, 0) is 43.2 Å². The van der Waals surface area contributed by atoms with Gasteiger partial charge in [-0.25, -0.2) is 9.37 Å². The topological polar surface area (TPSA) is 102 Å². The van der Waals surface area contributed by atoms with Gasteiger partial charge in [-0.1, -0.05) is 18.1 Å². The molecule has 7 nitrogen and oxygen atoms in total. The molecule has 1 aromatic carbocycles. The summed E-state index contributed by atoms with van der Waals surface area (Å²) in [6.45, 7) is 4.89. The summed E-state index contributed by atoms with van der Waals surface area (Å²) in [6.07, 6.45) is 7.22. The molecule has 0 amide bonds. The molecule has 2 aromatic heterocycles. The van der Waals surface area contributed by atoms with Crippen molar-refractivity contribution in [3.63, 3.8) is 0 Å². The minimum absolute atomic E-state index is 0.261. The number of pyridine rings is 1. The first-order chi connectivity index (χ1) is 13.1. The van der Waals surface area contributed by atoms with E-state index in [1.807, 2.05) is 17.6 Å². The summed E-state index contributed by atoms with van der Waals surface area (Å²) >= 11 is 0. The lowest BCUT2D eigenvalue weighted by Crippen LogP contribution is -2.03. The third-order valence-electron chi connectivity index (χ3n) is 4.05. The van der Waals surface area contributed by atoms with Crippen molar-refractivity contribution in [3.05, 3.63) is 59.2 Å². The number of hydrogen-bond donors (Lipinski definition) is 2. The van der Waals surface area contributed by atoms with Crippen LogP contribution in [0.2, 0.25) is 0 Å². The van der Waals surface area contributed by atoms with Crippen LogP contribution >= 0.6 is 0 Å². The zero-order valence-corrected chi connectivity index (χ0v) is 16.1. The lowest BCUT2D eigenvalue weighted by Gasteiger charge is -2.10. The lowest BCUT2D eigenvalue weighted by atomic mass is 10.2. The summed E-state index contributed by atoms with van der Waals surface area (Å²) in [7, 11) is -4.67. The van der Waals surface area contributed by atoms with Crippen LogP contribution in [0.25, 0.3) is 10.9 Å². The predicted molar refractivity (Wildman–Crippen MR) is 103 cm³/mol. The van der Waals surface area contributed by atoms with Gasteiger partial charge >= 0.3 is 10.4 Å². The zero-order chi connectivity index (χ0) is 20.9. The molecule has 0 fully saturated rings. The van der Waals surface area contributed by atoms with Crippen molar-refractivity contribution in [1.82, 2.24) is 9.55 Å². The first kappa shape index (κ1) is 21.4. The molecular weight excluding hydrogens is 387 g/mol. The molecule has 0 bridgehead atoms. The highest BCUT2D eigenvalue weighted by Crippen LogP contribution is 2.31. The Hall–Kier alpha value is -2.93. The predicted octanol–water partition coefficient (Wildman–Crippen LogP) is 3.35. The SMILES string of the molecule is C#CCn1c(C)c(C)c2ccnc(OCc3ccc(F)cc3)c21.O=S(=O)(O)O. The molecule has 0 aliphatic rings. The molecule has 0 saturated heterocycles. The van der Waals surface area contributed by atoms with Gasteiger partial charge in [0.25, 0.3) is 0 Å². The van der Waals surface area contributed by atoms with E-state index in [1.54, 1.807) is 18.3 Å². The number of benzene rings is 1. The van der Waals surface area contributed by atoms with E-state index in [2.05, 4.69) is 17.8 Å². The number of rotatable bonds is 4. The Morgan fingerprint density at radius 3 is 2.39 bits per heavy atom. The number of fused-ring (bicyclic) bond motifs is 1. The Labute approximate surface area is 162 Å². The molecule has 3 aromatic rings. The van der Waals surface area contributed by atoms with Gasteiger partial charge < -0.3 is 9.30 Å². The van der Waals surface area contributed by atoms with E-state index in [-0.39, 0.29) is 5.82 Å². The Morgan fingerprint density at radius 2 is 1.82 bits per heavy atom. The first-order valence-electron chi connectivity index (χ1n) is 8.06. The van der Waals surface area contributed by atoms with Gasteiger partial charge in [0.15, 0.2) is 0 Å². The number of ether oxygens (including phenoxy) is 1. The minimum Gasteiger partial charge on any atom is -0.471 e. The van der Waals surface area contributed by atoms with Crippen molar-refractivity contribution in [2.45, 2.75) is 27.0 Å². The molecule has 0 radical (unpaired) electrons. The molecule has 0 atom stereocenters. The summed E-state index contributed by atoms with van der Waals surface area (Å²) in [4.78, 5) is 4.35. The van der Waals surface area contributed by atoms with E-state index in [0.29, 0.717) is 19.0 Å². The quantitative estimate of drug-likeness (QED) is 0.509. The normalized spacial score (nSPS) is 10.9. The Morgan fingerprint density at radius 1 is 1.21 bits per heavy atom. The molecule has 2 N–H and O–H groups in total. The summed E-state index contributed by atoms with van der Waals surface area (Å²) in [5.41, 5.74) is 4.07. The fourth-order valence-corrected chi connectivity index (χ4v) is 2.69. The molecule has 0 aliphatic carbocycles. The molecule has 9 heteroatoms. The summed E-state index contributed by atoms with van der Waals surface area (Å²) < 4.78 is 52.5. The van der Waals surface area contributed by atoms with Crippen molar-refractivity contribution >= 4 is 21.3 Å². The third kappa shape index (κ3) is 5.53. The Bertz CT molecular complexity index is 1110. The maximum Gasteiger partial charge on any atom is 0.394 e. The molecule has 28 heavy (non-hydrogen) atoms. The van der Waals surface area contributed by atoms with Crippen LogP contribution in [-0.2, 0) is 23.6 Å². The smallest absolute Gasteiger partial charge is 0.394 e. The molecule has 0 aliphatic heterocycles. The highest BCUT2D eigenvalue weighted by Gasteiger charge is 2.15. The monoisotopic (exact) mass is 406 g/mol. The van der Waals surface area contributed by atoms with Crippen LogP contribution in [0.1, 0.15) is 16.8 Å². The van der Waals surface area contributed by atoms with Crippen LogP contribution in [0, 0.1) is 32.0 Å². The van der Waals surface area contributed by atoms with Gasteiger partial charge in [0, 0.05) is 17.3 Å². The Kier molecular flexibility index (Phi) is 6.75. The van der Waals surface area contributed by atoms with Crippen molar-refractivity contribution < 1.29 is 26.7 Å². The molecule has 0 unspecified atom stereocenters. The number of aromatic nitrogens is 2. The fraction of sp³-hybridized carbons (Fsp3) is 0.211. The van der Waals surface area contributed by atoms with E-state index in [0.717, 1.165) is 22.2 Å². The van der Waals surface area contributed by atoms with E-state index < -0.39 is 10.4 Å². The second kappa shape index (κ2) is 8.84. The van der Waals surface area contributed by atoms with Crippen molar-refractivity contribution in [2.75, 3.05) is 0 Å². The van der Waals surface area contributed by atoms with Crippen molar-refractivity contribution in [2.24, 2.45) is 0 Å². The van der Waals surface area contributed by atoms with Gasteiger partial charge in [0.05, 0.1) is 6.54 Å². The standard InChI is InChI=1S/C19H17FN2O.H2O4S/c1-4-11-22-14(3)13(2)17-9-10-21-19(18(17)22)23-12-15-5-7-16(20)8-6-15;1-5(2,3)4/h1,5-10H,11-12H2,2-3H3;(H2,1,2,3,4). The molecule has 0 saturated carbocycles. The van der Waals surface area contributed by atoms with E-state index in [9.17, 15) is 4.39 Å². The Balaban J connectivity index is 0.000000500. The number of aryl methyl sites for hydroxylation is 1. The number of hydrogen-bond acceptors (Lipinski definition) is 4. The second-order valence-electron chi connectivity index (χ2n) is 5.88. The summed E-state index contributed by atoms with van der Waals surface area (Å²) in [5, 5.41) is 1.09.